The van der Waals surface area contributed by atoms with Crippen LogP contribution in [0, 0.1) is 0 Å². The van der Waals surface area contributed by atoms with Crippen molar-refractivity contribution < 1.29 is 5.11 Å². The second-order valence-electron chi connectivity index (χ2n) is 4.99. The molecule has 0 amide bonds. The molecular formula is C16H15N5O2. The maximum Gasteiger partial charge on any atom is 0.347 e. The number of nitrogens with one attached hydrogen (secondary N) is 1. The summed E-state index contributed by atoms with van der Waals surface area (Å²) in [4.78, 5) is 15.6. The Kier molecular flexibility index (Phi) is 3.76. The summed E-state index contributed by atoms with van der Waals surface area (Å²) in [6.45, 7) is 0. The third kappa shape index (κ3) is 2.89. The molecular weight excluding hydrogens is 294 g/mol. The van der Waals surface area contributed by atoms with Gasteiger partial charge in [0.15, 0.2) is 0 Å². The average Bonchev–Trinajstić information content (AvgIpc) is 2.57. The molecule has 0 aliphatic carbocycles. The van der Waals surface area contributed by atoms with Crippen LogP contribution in [0.4, 0.5) is 5.82 Å². The molecule has 0 bridgehead atoms. The van der Waals surface area contributed by atoms with Gasteiger partial charge in [-0.25, -0.2) is 4.79 Å². The van der Waals surface area contributed by atoms with Gasteiger partial charge in [-0.15, -0.1) is 10.2 Å². The van der Waals surface area contributed by atoms with Crippen molar-refractivity contribution in [3.63, 3.8) is 0 Å². The quantitative estimate of drug-likeness (QED) is 0.764. The van der Waals surface area contributed by atoms with E-state index in [1.807, 2.05) is 0 Å². The van der Waals surface area contributed by atoms with Gasteiger partial charge in [0.2, 0.25) is 0 Å². The summed E-state index contributed by atoms with van der Waals surface area (Å²) in [5.41, 5.74) is 1.94. The maximum atomic E-state index is 11.6. The summed E-state index contributed by atoms with van der Waals surface area (Å²) in [6.07, 6.45) is 1.64. The van der Waals surface area contributed by atoms with E-state index in [1.54, 1.807) is 56.7 Å². The number of phenols is 1. The standard InChI is InChI=1S/C16H15N5O2/c1-17-15-6-5-13(19-20-15)11-4-3-10(9-14(11)22)12-7-8-21(2)16(23)18-12/h3-9,22H,1-2H3,(H,17,20). The molecule has 0 aliphatic rings. The second-order valence-corrected chi connectivity index (χ2v) is 4.99. The zero-order chi connectivity index (χ0) is 16.4. The molecule has 1 aromatic carbocycles. The number of benzene rings is 1. The van der Waals surface area contributed by atoms with Crippen molar-refractivity contribution in [1.29, 1.82) is 0 Å². The molecule has 3 aromatic rings. The highest BCUT2D eigenvalue weighted by atomic mass is 16.3. The Morgan fingerprint density at radius 1 is 1.09 bits per heavy atom. The third-order valence-electron chi connectivity index (χ3n) is 3.46. The molecule has 7 heteroatoms. The number of aromatic hydroxyl groups is 1. The van der Waals surface area contributed by atoms with E-state index in [1.165, 1.54) is 4.57 Å². The van der Waals surface area contributed by atoms with Crippen molar-refractivity contribution in [2.75, 3.05) is 12.4 Å². The van der Waals surface area contributed by atoms with Gasteiger partial charge in [0.05, 0.1) is 11.4 Å². The lowest BCUT2D eigenvalue weighted by Gasteiger charge is -2.07. The molecule has 2 N–H and O–H groups in total. The van der Waals surface area contributed by atoms with E-state index in [9.17, 15) is 9.90 Å². The predicted octanol–water partition coefficient (Wildman–Crippen LogP) is 1.65. The Morgan fingerprint density at radius 2 is 1.91 bits per heavy atom. The van der Waals surface area contributed by atoms with Crippen molar-refractivity contribution in [1.82, 2.24) is 19.7 Å². The third-order valence-corrected chi connectivity index (χ3v) is 3.46. The minimum Gasteiger partial charge on any atom is -0.507 e. The van der Waals surface area contributed by atoms with E-state index in [-0.39, 0.29) is 11.4 Å². The van der Waals surface area contributed by atoms with Gasteiger partial charge in [-0.1, -0.05) is 6.07 Å². The van der Waals surface area contributed by atoms with Crippen LogP contribution >= 0.6 is 0 Å². The van der Waals surface area contributed by atoms with Crippen molar-refractivity contribution in [2.45, 2.75) is 0 Å². The molecule has 3 rings (SSSR count). The van der Waals surface area contributed by atoms with Gasteiger partial charge in [-0.3, -0.25) is 0 Å². The van der Waals surface area contributed by atoms with Gasteiger partial charge in [-0.2, -0.15) is 4.98 Å². The van der Waals surface area contributed by atoms with Gasteiger partial charge < -0.3 is 15.0 Å². The van der Waals surface area contributed by atoms with Gasteiger partial charge >= 0.3 is 5.69 Å². The normalized spacial score (nSPS) is 10.5. The maximum absolute atomic E-state index is 11.6. The van der Waals surface area contributed by atoms with Crippen LogP contribution in [0.25, 0.3) is 22.5 Å². The average molecular weight is 309 g/mol. The van der Waals surface area contributed by atoms with Gasteiger partial charge in [0.25, 0.3) is 0 Å². The molecule has 23 heavy (non-hydrogen) atoms. The smallest absolute Gasteiger partial charge is 0.347 e. The molecule has 0 atom stereocenters. The van der Waals surface area contributed by atoms with Gasteiger partial charge in [0, 0.05) is 31.4 Å². The molecule has 2 aromatic heterocycles. The van der Waals surface area contributed by atoms with Crippen LogP contribution in [-0.4, -0.2) is 31.9 Å². The Bertz CT molecular complexity index is 903. The van der Waals surface area contributed by atoms with Crippen molar-refractivity contribution in [3.05, 3.63) is 53.1 Å². The fourth-order valence-electron chi connectivity index (χ4n) is 2.14. The number of aryl methyl sites for hydroxylation is 1. The van der Waals surface area contributed by atoms with Crippen molar-refractivity contribution in [3.8, 4) is 28.3 Å². The minimum atomic E-state index is -0.348. The number of anilines is 1. The van der Waals surface area contributed by atoms with Crippen LogP contribution in [0.3, 0.4) is 0 Å². The highest BCUT2D eigenvalue weighted by molar-refractivity contribution is 5.72. The number of hydrogen-bond acceptors (Lipinski definition) is 6. The number of rotatable bonds is 3. The molecule has 0 radical (unpaired) electrons. The van der Waals surface area contributed by atoms with Crippen LogP contribution in [-0.2, 0) is 7.05 Å². The molecule has 0 spiro atoms. The van der Waals surface area contributed by atoms with Crippen LogP contribution in [0.2, 0.25) is 0 Å². The lowest BCUT2D eigenvalue weighted by atomic mass is 10.1. The minimum absolute atomic E-state index is 0.0523. The number of hydrogen-bond donors (Lipinski definition) is 2. The Hall–Kier alpha value is -3.22. The summed E-state index contributed by atoms with van der Waals surface area (Å²) in [5, 5.41) is 21.2. The molecule has 2 heterocycles. The summed E-state index contributed by atoms with van der Waals surface area (Å²) < 4.78 is 1.39. The highest BCUT2D eigenvalue weighted by Gasteiger charge is 2.10. The van der Waals surface area contributed by atoms with E-state index in [0.717, 1.165) is 0 Å². The first-order valence-electron chi connectivity index (χ1n) is 6.97. The molecule has 0 aliphatic heterocycles. The SMILES string of the molecule is CNc1ccc(-c2ccc(-c3ccn(C)c(=O)n3)cc2O)nn1. The van der Waals surface area contributed by atoms with Crippen molar-refractivity contribution >= 4 is 5.82 Å². The molecule has 0 saturated carbocycles. The number of aromatic nitrogens is 4. The first-order chi connectivity index (χ1) is 11.1. The first kappa shape index (κ1) is 14.7. The zero-order valence-corrected chi connectivity index (χ0v) is 12.7. The lowest BCUT2D eigenvalue weighted by Crippen LogP contribution is -2.19. The predicted molar refractivity (Wildman–Crippen MR) is 87.2 cm³/mol. The highest BCUT2D eigenvalue weighted by Crippen LogP contribution is 2.31. The summed E-state index contributed by atoms with van der Waals surface area (Å²) in [7, 11) is 3.39. The van der Waals surface area contributed by atoms with Crippen molar-refractivity contribution in [2.24, 2.45) is 7.05 Å². The summed E-state index contributed by atoms with van der Waals surface area (Å²) in [6, 6.07) is 10.3. The molecule has 116 valence electrons. The molecule has 7 nitrogen and oxygen atoms in total. The van der Waals surface area contributed by atoms with E-state index < -0.39 is 0 Å². The summed E-state index contributed by atoms with van der Waals surface area (Å²) >= 11 is 0. The largest absolute Gasteiger partial charge is 0.507 e. The Labute approximate surface area is 132 Å². The van der Waals surface area contributed by atoms with Crippen LogP contribution in [0.1, 0.15) is 0 Å². The zero-order valence-electron chi connectivity index (χ0n) is 12.7. The van der Waals surface area contributed by atoms with Gasteiger partial charge in [-0.05, 0) is 30.3 Å². The van der Waals surface area contributed by atoms with Crippen LogP contribution in [0.15, 0.2) is 47.4 Å². The fourth-order valence-corrected chi connectivity index (χ4v) is 2.14. The van der Waals surface area contributed by atoms with E-state index in [0.29, 0.717) is 28.3 Å². The number of phenolic OH excluding ortho intramolecular Hbond substituents is 1. The van der Waals surface area contributed by atoms with E-state index in [4.69, 9.17) is 0 Å². The first-order valence-corrected chi connectivity index (χ1v) is 6.97. The van der Waals surface area contributed by atoms with E-state index >= 15 is 0 Å². The fraction of sp³-hybridized carbons (Fsp3) is 0.125. The second kappa shape index (κ2) is 5.88. The lowest BCUT2D eigenvalue weighted by molar-refractivity contribution is 0.477. The van der Waals surface area contributed by atoms with Crippen LogP contribution < -0.4 is 11.0 Å². The molecule has 0 fully saturated rings. The Morgan fingerprint density at radius 3 is 2.52 bits per heavy atom. The molecule has 0 unspecified atom stereocenters. The molecule has 0 saturated heterocycles. The van der Waals surface area contributed by atoms with E-state index in [2.05, 4.69) is 20.5 Å². The van der Waals surface area contributed by atoms with Crippen LogP contribution in [0.5, 0.6) is 5.75 Å². The topological polar surface area (TPSA) is 92.9 Å². The monoisotopic (exact) mass is 309 g/mol. The van der Waals surface area contributed by atoms with Gasteiger partial charge in [0.1, 0.15) is 11.6 Å². The summed E-state index contributed by atoms with van der Waals surface area (Å²) in [5.74, 6) is 0.700. The Balaban J connectivity index is 1.99. The number of nitrogens with zero attached hydrogens (tertiary/aromatic N) is 4.